The average molecular weight is 362 g/mol. The van der Waals surface area contributed by atoms with Crippen molar-refractivity contribution in [2.24, 2.45) is 0 Å². The molecule has 1 aliphatic heterocycles. The van der Waals surface area contributed by atoms with Crippen molar-refractivity contribution in [3.05, 3.63) is 62.9 Å². The van der Waals surface area contributed by atoms with E-state index in [0.29, 0.717) is 10.1 Å². The van der Waals surface area contributed by atoms with Crippen LogP contribution in [0.25, 0.3) is 6.08 Å². The minimum absolute atomic E-state index is 0.156. The summed E-state index contributed by atoms with van der Waals surface area (Å²) in [6.45, 7) is 0.204. The number of hydrogen-bond donors (Lipinski definition) is 1. The van der Waals surface area contributed by atoms with E-state index in [-0.39, 0.29) is 34.4 Å². The molecule has 0 saturated carbocycles. The van der Waals surface area contributed by atoms with Gasteiger partial charge in [0.2, 0.25) is 0 Å². The third-order valence-electron chi connectivity index (χ3n) is 3.28. The number of carbonyl (C=O) groups is 1. The van der Waals surface area contributed by atoms with Gasteiger partial charge in [-0.3, -0.25) is 19.8 Å². The van der Waals surface area contributed by atoms with Gasteiger partial charge in [0, 0.05) is 17.7 Å². The molecular weight excluding hydrogens is 352 g/mol. The van der Waals surface area contributed by atoms with Crippen LogP contribution in [0.5, 0.6) is 5.75 Å². The number of amides is 1. The van der Waals surface area contributed by atoms with Crippen LogP contribution in [-0.4, -0.2) is 25.2 Å². The first-order valence-corrected chi connectivity index (χ1v) is 7.93. The second kappa shape index (κ2) is 6.46. The smallest absolute Gasteiger partial charge is 0.270 e. The number of thiocarbonyl (C=S) groups is 1. The number of phenolic OH excluding ortho intramolecular Hbond substituents is 1. The van der Waals surface area contributed by atoms with Gasteiger partial charge in [0.15, 0.2) is 0 Å². The number of nitro groups is 1. The molecule has 1 fully saturated rings. The van der Waals surface area contributed by atoms with Gasteiger partial charge in [0.05, 0.1) is 22.6 Å². The Labute approximate surface area is 145 Å². The van der Waals surface area contributed by atoms with Gasteiger partial charge in [-0.2, -0.15) is 0 Å². The van der Waals surface area contributed by atoms with Gasteiger partial charge in [0.25, 0.3) is 11.6 Å². The van der Waals surface area contributed by atoms with Crippen LogP contribution < -0.4 is 0 Å². The second-order valence-electron chi connectivity index (χ2n) is 4.85. The van der Waals surface area contributed by atoms with Crippen molar-refractivity contribution < 1.29 is 19.2 Å². The van der Waals surface area contributed by atoms with Crippen LogP contribution in [0.4, 0.5) is 5.69 Å². The maximum Gasteiger partial charge on any atom is 0.270 e. The zero-order chi connectivity index (χ0) is 17.3. The highest BCUT2D eigenvalue weighted by Gasteiger charge is 2.32. The van der Waals surface area contributed by atoms with E-state index in [1.165, 1.54) is 35.4 Å². The lowest BCUT2D eigenvalue weighted by Crippen LogP contribution is -2.27. The summed E-state index contributed by atoms with van der Waals surface area (Å²) in [7, 11) is 0. The summed E-state index contributed by atoms with van der Waals surface area (Å²) in [5.74, 6) is 0.0926. The number of hydrogen-bond acceptors (Lipinski definition) is 7. The van der Waals surface area contributed by atoms with Crippen molar-refractivity contribution in [1.82, 2.24) is 4.90 Å². The van der Waals surface area contributed by atoms with Crippen LogP contribution in [0.3, 0.4) is 0 Å². The molecule has 7 nitrogen and oxygen atoms in total. The summed E-state index contributed by atoms with van der Waals surface area (Å²) in [6, 6.07) is 7.05. The summed E-state index contributed by atoms with van der Waals surface area (Å²) in [4.78, 5) is 24.4. The van der Waals surface area contributed by atoms with Crippen molar-refractivity contribution >= 4 is 46.0 Å². The van der Waals surface area contributed by atoms with Crippen molar-refractivity contribution in [2.75, 3.05) is 0 Å². The summed E-state index contributed by atoms with van der Waals surface area (Å²) >= 11 is 6.27. The zero-order valence-electron chi connectivity index (χ0n) is 12.0. The molecule has 1 amide bonds. The Kier molecular flexibility index (Phi) is 4.36. The zero-order valence-corrected chi connectivity index (χ0v) is 13.7. The molecule has 0 unspecified atom stereocenters. The van der Waals surface area contributed by atoms with Gasteiger partial charge in [-0.05, 0) is 24.3 Å². The van der Waals surface area contributed by atoms with Crippen LogP contribution in [0, 0.1) is 10.1 Å². The Bertz CT molecular complexity index is 861. The monoisotopic (exact) mass is 362 g/mol. The van der Waals surface area contributed by atoms with Gasteiger partial charge >= 0.3 is 0 Å². The van der Waals surface area contributed by atoms with Crippen LogP contribution >= 0.6 is 24.0 Å². The summed E-state index contributed by atoms with van der Waals surface area (Å²) < 4.78 is 5.56. The molecule has 2 aromatic rings. The first-order chi connectivity index (χ1) is 11.5. The topological polar surface area (TPSA) is 96.8 Å². The fraction of sp³-hybridized carbons (Fsp3) is 0.0667. The van der Waals surface area contributed by atoms with E-state index in [4.69, 9.17) is 16.6 Å². The first-order valence-electron chi connectivity index (χ1n) is 6.71. The van der Waals surface area contributed by atoms with E-state index < -0.39 is 4.92 Å². The van der Waals surface area contributed by atoms with E-state index in [1.54, 1.807) is 12.1 Å². The van der Waals surface area contributed by atoms with Crippen molar-refractivity contribution in [1.29, 1.82) is 0 Å². The van der Waals surface area contributed by atoms with Crippen LogP contribution in [0.2, 0.25) is 0 Å². The highest BCUT2D eigenvalue weighted by Crippen LogP contribution is 2.35. The van der Waals surface area contributed by atoms with Crippen molar-refractivity contribution in [3.63, 3.8) is 0 Å². The van der Waals surface area contributed by atoms with Crippen LogP contribution in [0.15, 0.2) is 45.9 Å². The summed E-state index contributed by atoms with van der Waals surface area (Å²) in [5, 5.41) is 20.7. The molecule has 1 aromatic carbocycles. The van der Waals surface area contributed by atoms with E-state index >= 15 is 0 Å². The molecule has 0 aliphatic carbocycles. The number of non-ortho nitro benzene ring substituents is 1. The predicted octanol–water partition coefficient (Wildman–Crippen LogP) is 3.29. The first kappa shape index (κ1) is 16.2. The summed E-state index contributed by atoms with van der Waals surface area (Å²) in [5.41, 5.74) is 0.00723. The molecule has 0 spiro atoms. The molecule has 1 N–H and O–H groups in total. The minimum Gasteiger partial charge on any atom is -0.507 e. The molecule has 0 atom stereocenters. The molecule has 0 bridgehead atoms. The Morgan fingerprint density at radius 1 is 1.42 bits per heavy atom. The van der Waals surface area contributed by atoms with Crippen molar-refractivity contribution in [3.8, 4) is 5.75 Å². The number of carbonyl (C=O) groups excluding carboxylic acids is 1. The van der Waals surface area contributed by atoms with E-state index in [0.717, 1.165) is 11.8 Å². The molecule has 1 saturated heterocycles. The van der Waals surface area contributed by atoms with Crippen molar-refractivity contribution in [2.45, 2.75) is 6.54 Å². The molecule has 122 valence electrons. The molecule has 24 heavy (non-hydrogen) atoms. The number of benzene rings is 1. The fourth-order valence-electron chi connectivity index (χ4n) is 2.11. The Morgan fingerprint density at radius 2 is 2.21 bits per heavy atom. The minimum atomic E-state index is -0.571. The number of phenols is 1. The highest BCUT2D eigenvalue weighted by atomic mass is 32.2. The van der Waals surface area contributed by atoms with Gasteiger partial charge < -0.3 is 9.52 Å². The third-order valence-corrected chi connectivity index (χ3v) is 4.65. The molecule has 9 heteroatoms. The SMILES string of the molecule is O=C1C(=Cc2cc([N+](=O)[O-])ccc2O)SC(=S)N1Cc1ccco1. The lowest BCUT2D eigenvalue weighted by molar-refractivity contribution is -0.384. The van der Waals surface area contributed by atoms with Gasteiger partial charge in [-0.15, -0.1) is 0 Å². The molecular formula is C15H10N2O5S2. The second-order valence-corrected chi connectivity index (χ2v) is 6.52. The maximum absolute atomic E-state index is 12.5. The van der Waals surface area contributed by atoms with E-state index in [2.05, 4.69) is 0 Å². The quantitative estimate of drug-likeness (QED) is 0.386. The number of nitro benzene ring substituents is 1. The Hall–Kier alpha value is -2.65. The molecule has 1 aromatic heterocycles. The van der Waals surface area contributed by atoms with Gasteiger partial charge in [-0.25, -0.2) is 0 Å². The molecule has 0 radical (unpaired) electrons. The standard InChI is InChI=1S/C15H10N2O5S2/c18-12-4-3-10(17(20)21)6-9(12)7-13-14(19)16(15(23)24-13)8-11-2-1-5-22-11/h1-7,18H,8H2. The number of thioether (sulfide) groups is 1. The maximum atomic E-state index is 12.5. The molecule has 2 heterocycles. The van der Waals surface area contributed by atoms with Gasteiger partial charge in [-0.1, -0.05) is 24.0 Å². The van der Waals surface area contributed by atoms with Crippen LogP contribution in [-0.2, 0) is 11.3 Å². The van der Waals surface area contributed by atoms with Crippen LogP contribution in [0.1, 0.15) is 11.3 Å². The summed E-state index contributed by atoms with van der Waals surface area (Å²) in [6.07, 6.45) is 2.90. The third kappa shape index (κ3) is 3.17. The van der Waals surface area contributed by atoms with Gasteiger partial charge in [0.1, 0.15) is 15.8 Å². The lowest BCUT2D eigenvalue weighted by atomic mass is 10.1. The average Bonchev–Trinajstić information content (AvgIpc) is 3.14. The Balaban J connectivity index is 1.89. The number of nitrogens with zero attached hydrogens (tertiary/aromatic N) is 2. The lowest BCUT2D eigenvalue weighted by Gasteiger charge is -2.11. The number of furan rings is 1. The fourth-order valence-corrected chi connectivity index (χ4v) is 3.35. The molecule has 3 rings (SSSR count). The Morgan fingerprint density at radius 3 is 2.88 bits per heavy atom. The molecule has 1 aliphatic rings. The van der Waals surface area contributed by atoms with E-state index in [1.807, 2.05) is 0 Å². The number of rotatable bonds is 4. The normalized spacial score (nSPS) is 16.2. The largest absolute Gasteiger partial charge is 0.507 e. The predicted molar refractivity (Wildman–Crippen MR) is 92.2 cm³/mol. The van der Waals surface area contributed by atoms with E-state index in [9.17, 15) is 20.0 Å². The highest BCUT2D eigenvalue weighted by molar-refractivity contribution is 8.26. The number of aromatic hydroxyl groups is 1.